The molecule has 0 atom stereocenters. The summed E-state index contributed by atoms with van der Waals surface area (Å²) in [4.78, 5) is 44.8. The van der Waals surface area contributed by atoms with Gasteiger partial charge in [-0.1, -0.05) is 54.6 Å². The van der Waals surface area contributed by atoms with Crippen molar-refractivity contribution >= 4 is 33.2 Å². The zero-order valence-corrected chi connectivity index (χ0v) is 27.2. The maximum absolute atomic E-state index is 15.3. The van der Waals surface area contributed by atoms with E-state index < -0.39 is 46.3 Å². The van der Waals surface area contributed by atoms with Crippen molar-refractivity contribution in [3.63, 3.8) is 0 Å². The summed E-state index contributed by atoms with van der Waals surface area (Å²) in [6.07, 6.45) is -3.28. The normalized spacial score (nSPS) is 16.9. The molecule has 2 heterocycles. The SMILES string of the molecule is O=C(CNC(=O)C(F)F)c1ccc(CN(C(=O)N2CCS(=O)(=O)CC2)c2ccc(CN3CCN(Cc4ccccc4)CC3)cc2)c(F)c1. The number of nitrogens with zero attached hydrogens (tertiary/aromatic N) is 4. The number of rotatable bonds is 11. The standard InChI is InChI=1S/C34H38F3N5O5S/c35-30-20-27(31(43)21-38-33(44)32(36)37)8-9-28(30)24-42(34(45)41-16-18-48(46,47)19-17-41)29-10-6-26(7-11-29)23-40-14-12-39(13-15-40)22-25-4-2-1-3-5-25/h1-11,20,32H,12-19,21-24H2,(H,38,44). The van der Waals surface area contributed by atoms with Gasteiger partial charge in [-0.2, -0.15) is 8.78 Å². The van der Waals surface area contributed by atoms with Crippen LogP contribution in [0.15, 0.2) is 72.8 Å². The van der Waals surface area contributed by atoms with Crippen LogP contribution in [0.3, 0.4) is 0 Å². The number of Topliss-reactive ketones (excluding diaryl/α,β-unsaturated/α-hetero) is 1. The van der Waals surface area contributed by atoms with E-state index in [0.717, 1.165) is 50.9 Å². The van der Waals surface area contributed by atoms with Crippen LogP contribution in [0.1, 0.15) is 27.0 Å². The van der Waals surface area contributed by atoms with Crippen LogP contribution in [-0.2, 0) is 34.3 Å². The summed E-state index contributed by atoms with van der Waals surface area (Å²) in [7, 11) is -3.25. The molecule has 256 valence electrons. The van der Waals surface area contributed by atoms with Gasteiger partial charge in [-0.05, 0) is 29.3 Å². The van der Waals surface area contributed by atoms with Gasteiger partial charge in [0.05, 0.1) is 24.6 Å². The topological polar surface area (TPSA) is 110 Å². The number of halogens is 3. The highest BCUT2D eigenvalue weighted by Crippen LogP contribution is 2.24. The zero-order chi connectivity index (χ0) is 34.3. The van der Waals surface area contributed by atoms with Gasteiger partial charge in [-0.15, -0.1) is 0 Å². The maximum Gasteiger partial charge on any atom is 0.324 e. The maximum atomic E-state index is 15.3. The van der Waals surface area contributed by atoms with Crippen molar-refractivity contribution in [2.24, 2.45) is 0 Å². The van der Waals surface area contributed by atoms with Crippen molar-refractivity contribution in [3.8, 4) is 0 Å². The van der Waals surface area contributed by atoms with Gasteiger partial charge in [0, 0.05) is 69.2 Å². The molecule has 0 unspecified atom stereocenters. The van der Waals surface area contributed by atoms with Gasteiger partial charge in [0.25, 0.3) is 5.91 Å². The molecule has 2 saturated heterocycles. The van der Waals surface area contributed by atoms with Gasteiger partial charge in [0.2, 0.25) is 0 Å². The predicted molar refractivity (Wildman–Crippen MR) is 175 cm³/mol. The molecule has 14 heteroatoms. The van der Waals surface area contributed by atoms with Crippen LogP contribution in [-0.4, -0.2) is 105 Å². The lowest BCUT2D eigenvalue weighted by molar-refractivity contribution is -0.131. The van der Waals surface area contributed by atoms with E-state index in [0.29, 0.717) is 5.69 Å². The van der Waals surface area contributed by atoms with E-state index in [1.54, 1.807) is 17.4 Å². The lowest BCUT2D eigenvalue weighted by Crippen LogP contribution is -2.49. The molecule has 0 aliphatic carbocycles. The quantitative estimate of drug-likeness (QED) is 0.308. The molecular formula is C34H38F3N5O5S. The molecule has 3 amide bonds. The molecule has 1 N–H and O–H groups in total. The molecule has 0 aromatic heterocycles. The number of hydrogen-bond acceptors (Lipinski definition) is 7. The summed E-state index contributed by atoms with van der Waals surface area (Å²) in [5.41, 5.74) is 2.77. The molecular weight excluding hydrogens is 647 g/mol. The fourth-order valence-corrected chi connectivity index (χ4v) is 6.90. The van der Waals surface area contributed by atoms with Gasteiger partial charge in [-0.25, -0.2) is 17.6 Å². The van der Waals surface area contributed by atoms with Crippen LogP contribution in [0.4, 0.5) is 23.7 Å². The Kier molecular flexibility index (Phi) is 11.5. The fraction of sp³-hybridized carbons (Fsp3) is 0.382. The fourth-order valence-electron chi connectivity index (χ4n) is 5.70. The minimum atomic E-state index is -3.28. The Morgan fingerprint density at radius 3 is 1.94 bits per heavy atom. The smallest absolute Gasteiger partial charge is 0.324 e. The number of amides is 3. The molecule has 2 aliphatic rings. The second-order valence-corrected chi connectivity index (χ2v) is 14.3. The number of carbonyl (C=O) groups is 3. The number of ketones is 1. The summed E-state index contributed by atoms with van der Waals surface area (Å²) in [6.45, 7) is 4.42. The van der Waals surface area contributed by atoms with Crippen molar-refractivity contribution in [2.75, 3.05) is 62.2 Å². The van der Waals surface area contributed by atoms with Gasteiger partial charge >= 0.3 is 12.5 Å². The lowest BCUT2D eigenvalue weighted by atomic mass is 10.1. The largest absolute Gasteiger partial charge is 0.344 e. The van der Waals surface area contributed by atoms with E-state index in [9.17, 15) is 31.6 Å². The second kappa shape index (κ2) is 15.8. The number of alkyl halides is 2. The molecule has 0 saturated carbocycles. The number of anilines is 1. The number of hydrogen-bond donors (Lipinski definition) is 1. The molecule has 5 rings (SSSR count). The summed E-state index contributed by atoms with van der Waals surface area (Å²) in [6, 6.07) is 20.8. The average Bonchev–Trinajstić information content (AvgIpc) is 3.08. The molecule has 48 heavy (non-hydrogen) atoms. The van der Waals surface area contributed by atoms with Crippen LogP contribution < -0.4 is 10.2 Å². The first kappa shape index (κ1) is 35.0. The molecule has 0 radical (unpaired) electrons. The van der Waals surface area contributed by atoms with Gasteiger partial charge in [0.1, 0.15) is 5.82 Å². The van der Waals surface area contributed by atoms with Crippen molar-refractivity contribution in [1.82, 2.24) is 20.0 Å². The number of benzene rings is 3. The third kappa shape index (κ3) is 9.42. The lowest BCUT2D eigenvalue weighted by Gasteiger charge is -2.35. The first-order valence-electron chi connectivity index (χ1n) is 15.7. The average molecular weight is 686 g/mol. The van der Waals surface area contributed by atoms with Gasteiger partial charge in [-0.3, -0.25) is 24.3 Å². The van der Waals surface area contributed by atoms with Crippen LogP contribution in [0, 0.1) is 5.82 Å². The molecule has 2 fully saturated rings. The Morgan fingerprint density at radius 2 is 1.38 bits per heavy atom. The molecule has 0 spiro atoms. The van der Waals surface area contributed by atoms with Crippen molar-refractivity contribution < 1.29 is 36.0 Å². The van der Waals surface area contributed by atoms with Crippen LogP contribution in [0.25, 0.3) is 0 Å². The molecule has 10 nitrogen and oxygen atoms in total. The Morgan fingerprint density at radius 1 is 0.792 bits per heavy atom. The summed E-state index contributed by atoms with van der Waals surface area (Å²) in [5, 5.41) is 1.80. The first-order valence-corrected chi connectivity index (χ1v) is 17.5. The number of urea groups is 1. The molecule has 3 aromatic rings. The highest BCUT2D eigenvalue weighted by Gasteiger charge is 2.30. The number of nitrogens with one attached hydrogen (secondary N) is 1. The van der Waals surface area contributed by atoms with Gasteiger partial charge in [0.15, 0.2) is 15.6 Å². The zero-order valence-electron chi connectivity index (χ0n) is 26.4. The van der Waals surface area contributed by atoms with Gasteiger partial charge < -0.3 is 10.2 Å². The summed E-state index contributed by atoms with van der Waals surface area (Å²) in [5.74, 6) is -3.50. The molecule has 0 bridgehead atoms. The van der Waals surface area contributed by atoms with E-state index in [2.05, 4.69) is 21.9 Å². The Bertz CT molecular complexity index is 1690. The van der Waals surface area contributed by atoms with Crippen LogP contribution >= 0.6 is 0 Å². The highest BCUT2D eigenvalue weighted by atomic mass is 32.2. The number of sulfone groups is 1. The highest BCUT2D eigenvalue weighted by molar-refractivity contribution is 7.91. The van der Waals surface area contributed by atoms with Crippen molar-refractivity contribution in [2.45, 2.75) is 26.1 Å². The van der Waals surface area contributed by atoms with E-state index in [1.165, 1.54) is 27.5 Å². The van der Waals surface area contributed by atoms with E-state index in [-0.39, 0.29) is 42.3 Å². The first-order chi connectivity index (χ1) is 23.0. The summed E-state index contributed by atoms with van der Waals surface area (Å²) < 4.78 is 64.2. The molecule has 2 aliphatic heterocycles. The van der Waals surface area contributed by atoms with Crippen molar-refractivity contribution in [3.05, 3.63) is 101 Å². The second-order valence-electron chi connectivity index (χ2n) is 12.0. The number of piperazine rings is 1. The molecule has 3 aromatic carbocycles. The van der Waals surface area contributed by atoms with Crippen LogP contribution in [0.2, 0.25) is 0 Å². The van der Waals surface area contributed by atoms with Crippen molar-refractivity contribution in [1.29, 1.82) is 0 Å². The monoisotopic (exact) mass is 685 g/mol. The summed E-state index contributed by atoms with van der Waals surface area (Å²) >= 11 is 0. The Hall–Kier alpha value is -4.27. The third-order valence-corrected chi connectivity index (χ3v) is 10.1. The minimum absolute atomic E-state index is 0.00621. The Labute approximate surface area is 278 Å². The van der Waals surface area contributed by atoms with Crippen LogP contribution in [0.5, 0.6) is 0 Å². The van der Waals surface area contributed by atoms with E-state index in [4.69, 9.17) is 0 Å². The van der Waals surface area contributed by atoms with E-state index in [1.807, 2.05) is 30.3 Å². The Balaban J connectivity index is 1.26. The number of carbonyl (C=O) groups excluding carboxylic acids is 3. The van der Waals surface area contributed by atoms with E-state index >= 15 is 4.39 Å². The minimum Gasteiger partial charge on any atom is -0.344 e. The predicted octanol–water partition coefficient (Wildman–Crippen LogP) is 3.56. The third-order valence-electron chi connectivity index (χ3n) is 8.54.